The molecule has 0 amide bonds. The summed E-state index contributed by atoms with van der Waals surface area (Å²) in [6, 6.07) is 2.82. The predicted molar refractivity (Wildman–Crippen MR) is 77.0 cm³/mol. The monoisotopic (exact) mass is 259 g/mol. The summed E-state index contributed by atoms with van der Waals surface area (Å²) in [5.41, 5.74) is 0. The molecule has 1 saturated heterocycles. The highest BCUT2D eigenvalue weighted by molar-refractivity contribution is 6.75. The molecule has 0 unspecified atom stereocenters. The van der Waals surface area contributed by atoms with Crippen LogP contribution in [0.15, 0.2) is 0 Å². The van der Waals surface area contributed by atoms with Crippen LogP contribution in [0.4, 0.5) is 0 Å². The fraction of sp³-hybridized carbons (Fsp3) is 1.00. The molecular formula is C12H29NOSi2. The lowest BCUT2D eigenvalue weighted by atomic mass is 10.3. The second-order valence-corrected chi connectivity index (χ2v) is 15.5. The van der Waals surface area contributed by atoms with Crippen molar-refractivity contribution in [3.8, 4) is 0 Å². The SMILES string of the molecule is CO[Si](C)(C)CCCCN1CCC[Si]1(C)C. The van der Waals surface area contributed by atoms with Crippen LogP contribution in [0.5, 0.6) is 0 Å². The highest BCUT2D eigenvalue weighted by atomic mass is 28.4. The van der Waals surface area contributed by atoms with Crippen LogP contribution in [-0.2, 0) is 4.43 Å². The second-order valence-electron chi connectivity index (χ2n) is 6.32. The van der Waals surface area contributed by atoms with Gasteiger partial charge in [0.15, 0.2) is 8.32 Å². The molecule has 0 saturated carbocycles. The number of rotatable bonds is 6. The maximum absolute atomic E-state index is 5.58. The van der Waals surface area contributed by atoms with E-state index in [1.165, 1.54) is 44.4 Å². The zero-order valence-electron chi connectivity index (χ0n) is 11.8. The molecule has 0 spiro atoms. The van der Waals surface area contributed by atoms with Crippen LogP contribution in [0.1, 0.15) is 19.3 Å². The van der Waals surface area contributed by atoms with Crippen molar-refractivity contribution < 1.29 is 4.43 Å². The molecule has 2 nitrogen and oxygen atoms in total. The van der Waals surface area contributed by atoms with Crippen molar-refractivity contribution in [1.82, 2.24) is 4.57 Å². The summed E-state index contributed by atoms with van der Waals surface area (Å²) in [5, 5.41) is 0. The molecular weight excluding hydrogens is 230 g/mol. The van der Waals surface area contributed by atoms with Crippen molar-refractivity contribution in [2.24, 2.45) is 0 Å². The number of hydrogen-bond donors (Lipinski definition) is 0. The lowest BCUT2D eigenvalue weighted by Gasteiger charge is -2.30. The summed E-state index contributed by atoms with van der Waals surface area (Å²) in [5.74, 6) is 0. The van der Waals surface area contributed by atoms with Crippen LogP contribution < -0.4 is 0 Å². The van der Waals surface area contributed by atoms with Gasteiger partial charge in [0.2, 0.25) is 0 Å². The van der Waals surface area contributed by atoms with Gasteiger partial charge in [-0.1, -0.05) is 19.5 Å². The standard InChI is InChI=1S/C12H29NOSi2/c1-14-16(4,5)12-7-6-9-13-10-8-11-15(13,2)3/h6-12H2,1-5H3. The molecule has 0 atom stereocenters. The first-order chi connectivity index (χ1) is 7.37. The average molecular weight is 260 g/mol. The van der Waals surface area contributed by atoms with E-state index in [9.17, 15) is 0 Å². The van der Waals surface area contributed by atoms with Gasteiger partial charge in [-0.15, -0.1) is 0 Å². The van der Waals surface area contributed by atoms with Gasteiger partial charge in [0, 0.05) is 7.11 Å². The Balaban J connectivity index is 2.16. The van der Waals surface area contributed by atoms with E-state index >= 15 is 0 Å². The van der Waals surface area contributed by atoms with Crippen LogP contribution in [0.25, 0.3) is 0 Å². The maximum atomic E-state index is 5.58. The molecule has 0 aliphatic carbocycles. The smallest absolute Gasteiger partial charge is 0.186 e. The predicted octanol–water partition coefficient (Wildman–Crippen LogP) is 3.53. The molecule has 0 aromatic carbocycles. The van der Waals surface area contributed by atoms with Crippen molar-refractivity contribution >= 4 is 16.6 Å². The van der Waals surface area contributed by atoms with Gasteiger partial charge in [0.25, 0.3) is 0 Å². The molecule has 1 aliphatic rings. The summed E-state index contributed by atoms with van der Waals surface area (Å²) < 4.78 is 8.38. The first kappa shape index (κ1) is 14.4. The van der Waals surface area contributed by atoms with Gasteiger partial charge in [-0.25, -0.2) is 0 Å². The van der Waals surface area contributed by atoms with E-state index in [0.29, 0.717) is 0 Å². The van der Waals surface area contributed by atoms with Crippen molar-refractivity contribution in [3.05, 3.63) is 0 Å². The fourth-order valence-electron chi connectivity index (χ4n) is 2.53. The number of nitrogens with zero attached hydrogens (tertiary/aromatic N) is 1. The summed E-state index contributed by atoms with van der Waals surface area (Å²) in [6.45, 7) is 12.4. The van der Waals surface area contributed by atoms with Gasteiger partial charge in [0.05, 0.1) is 0 Å². The Morgan fingerprint density at radius 2 is 1.94 bits per heavy atom. The molecule has 0 aromatic heterocycles. The second kappa shape index (κ2) is 5.80. The Hall–Kier alpha value is 0.354. The zero-order valence-corrected chi connectivity index (χ0v) is 13.8. The van der Waals surface area contributed by atoms with Gasteiger partial charge in [0.1, 0.15) is 8.24 Å². The molecule has 1 rings (SSSR count). The highest BCUT2D eigenvalue weighted by Gasteiger charge is 2.33. The van der Waals surface area contributed by atoms with E-state index in [0.717, 1.165) is 0 Å². The molecule has 96 valence electrons. The van der Waals surface area contributed by atoms with Crippen LogP contribution in [0.3, 0.4) is 0 Å². The topological polar surface area (TPSA) is 12.5 Å². The van der Waals surface area contributed by atoms with Crippen LogP contribution in [-0.4, -0.2) is 41.3 Å². The van der Waals surface area contributed by atoms with Gasteiger partial charge >= 0.3 is 0 Å². The minimum atomic E-state index is -1.30. The molecule has 1 aliphatic heterocycles. The van der Waals surface area contributed by atoms with Crippen molar-refractivity contribution in [2.75, 3.05) is 20.2 Å². The van der Waals surface area contributed by atoms with Crippen molar-refractivity contribution in [1.29, 1.82) is 0 Å². The van der Waals surface area contributed by atoms with E-state index in [1.807, 2.05) is 7.11 Å². The van der Waals surface area contributed by atoms with Crippen molar-refractivity contribution in [3.63, 3.8) is 0 Å². The van der Waals surface area contributed by atoms with E-state index in [2.05, 4.69) is 30.8 Å². The molecule has 1 fully saturated rings. The number of hydrogen-bond acceptors (Lipinski definition) is 2. The first-order valence-electron chi connectivity index (χ1n) is 6.68. The van der Waals surface area contributed by atoms with Crippen LogP contribution in [0.2, 0.25) is 38.3 Å². The Morgan fingerprint density at radius 3 is 2.44 bits per heavy atom. The maximum Gasteiger partial charge on any atom is 0.186 e. The van der Waals surface area contributed by atoms with E-state index in [-0.39, 0.29) is 0 Å². The molecule has 0 radical (unpaired) electrons. The first-order valence-corrected chi connectivity index (χ1v) is 12.9. The van der Waals surface area contributed by atoms with Crippen molar-refractivity contribution in [2.45, 2.75) is 57.5 Å². The zero-order chi connectivity index (χ0) is 12.2. The highest BCUT2D eigenvalue weighted by Crippen LogP contribution is 2.26. The third kappa shape index (κ3) is 4.32. The third-order valence-corrected chi connectivity index (χ3v) is 10.5. The Bertz CT molecular complexity index is 219. The third-order valence-electron chi connectivity index (χ3n) is 4.08. The molecule has 4 heteroatoms. The Kier molecular flexibility index (Phi) is 5.23. The molecule has 0 bridgehead atoms. The van der Waals surface area contributed by atoms with Crippen LogP contribution >= 0.6 is 0 Å². The molecule has 16 heavy (non-hydrogen) atoms. The average Bonchev–Trinajstić information content (AvgIpc) is 2.53. The van der Waals surface area contributed by atoms with Gasteiger partial charge in [-0.3, -0.25) is 0 Å². The van der Waals surface area contributed by atoms with Gasteiger partial charge < -0.3 is 8.99 Å². The summed E-state index contributed by atoms with van der Waals surface area (Å²) in [7, 11) is -0.380. The minimum absolute atomic E-state index is 0.960. The lowest BCUT2D eigenvalue weighted by molar-refractivity contribution is 0.396. The number of unbranched alkanes of at least 4 members (excludes halogenated alkanes) is 1. The van der Waals surface area contributed by atoms with Gasteiger partial charge in [-0.2, -0.15) is 0 Å². The molecule has 0 N–H and O–H groups in total. The largest absolute Gasteiger partial charge is 0.420 e. The molecule has 0 aromatic rings. The fourth-order valence-corrected chi connectivity index (χ4v) is 6.71. The van der Waals surface area contributed by atoms with E-state index in [1.54, 1.807) is 0 Å². The Labute approximate surface area is 104 Å². The lowest BCUT2D eigenvalue weighted by Crippen LogP contribution is -2.43. The Morgan fingerprint density at radius 1 is 1.25 bits per heavy atom. The quantitative estimate of drug-likeness (QED) is 0.534. The summed E-state index contributed by atoms with van der Waals surface area (Å²) in [6.07, 6.45) is 4.17. The van der Waals surface area contributed by atoms with E-state index in [4.69, 9.17) is 4.43 Å². The minimum Gasteiger partial charge on any atom is -0.420 e. The molecule has 1 heterocycles. The summed E-state index contributed by atoms with van der Waals surface area (Å²) in [4.78, 5) is 0. The summed E-state index contributed by atoms with van der Waals surface area (Å²) >= 11 is 0. The van der Waals surface area contributed by atoms with Gasteiger partial charge in [-0.05, 0) is 51.1 Å². The van der Waals surface area contributed by atoms with E-state index < -0.39 is 16.6 Å². The normalized spacial score (nSPS) is 21.6. The van der Waals surface area contributed by atoms with Crippen LogP contribution in [0, 0.1) is 0 Å².